The van der Waals surface area contributed by atoms with E-state index in [1.165, 1.54) is 13.2 Å². The second-order valence-electron chi connectivity index (χ2n) is 7.35. The second-order valence-corrected chi connectivity index (χ2v) is 9.00. The van der Waals surface area contributed by atoms with Gasteiger partial charge in [0.25, 0.3) is 10.0 Å². The highest BCUT2D eigenvalue weighted by Gasteiger charge is 2.28. The summed E-state index contributed by atoms with van der Waals surface area (Å²) in [6.45, 7) is 1.40. The Hall–Kier alpha value is -3.57. The summed E-state index contributed by atoms with van der Waals surface area (Å²) in [6.07, 6.45) is 4.31. The van der Waals surface area contributed by atoms with Crippen LogP contribution >= 0.6 is 0 Å². The first kappa shape index (κ1) is 20.3. The molecule has 0 unspecified atom stereocenters. The number of hydrogen-bond donors (Lipinski definition) is 2. The quantitative estimate of drug-likeness (QED) is 0.433. The average Bonchev–Trinajstić information content (AvgIpc) is 3.53. The molecule has 0 atom stereocenters. The molecule has 10 nitrogen and oxygen atoms in total. The van der Waals surface area contributed by atoms with Crippen molar-refractivity contribution < 1.29 is 22.4 Å². The number of anilines is 1. The van der Waals surface area contributed by atoms with Crippen molar-refractivity contribution in [2.75, 3.05) is 18.4 Å². The van der Waals surface area contributed by atoms with Crippen LogP contribution in [0, 0.1) is 0 Å². The highest BCUT2D eigenvalue weighted by Crippen LogP contribution is 2.41. The van der Waals surface area contributed by atoms with Gasteiger partial charge in [0.15, 0.2) is 11.4 Å². The summed E-state index contributed by atoms with van der Waals surface area (Å²) in [5.41, 5.74) is 8.97. The lowest BCUT2D eigenvalue weighted by atomic mass is 10.0. The molecule has 0 aliphatic carbocycles. The van der Waals surface area contributed by atoms with Gasteiger partial charge in [-0.1, -0.05) is 17.3 Å². The lowest BCUT2D eigenvalue weighted by Gasteiger charge is -2.11. The molecule has 32 heavy (non-hydrogen) atoms. The first-order valence-electron chi connectivity index (χ1n) is 9.94. The number of fused-ring (bicyclic) bond motifs is 3. The van der Waals surface area contributed by atoms with Gasteiger partial charge in [0.1, 0.15) is 21.8 Å². The molecule has 4 aromatic rings. The number of nitrogens with zero attached hydrogens (tertiary/aromatic N) is 3. The molecule has 5 rings (SSSR count). The highest BCUT2D eigenvalue weighted by atomic mass is 32.2. The monoisotopic (exact) mass is 455 g/mol. The van der Waals surface area contributed by atoms with Crippen molar-refractivity contribution in [1.82, 2.24) is 14.9 Å². The predicted molar refractivity (Wildman–Crippen MR) is 116 cm³/mol. The molecule has 0 saturated heterocycles. The first-order valence-corrected chi connectivity index (χ1v) is 11.4. The Morgan fingerprint density at radius 3 is 2.94 bits per heavy atom. The maximum absolute atomic E-state index is 13.0. The maximum Gasteiger partial charge on any atom is 0.266 e. The number of nitrogens with one attached hydrogen (secondary N) is 1. The molecule has 0 radical (unpaired) electrons. The number of benzene rings is 2. The Kier molecular flexibility index (Phi) is 4.98. The van der Waals surface area contributed by atoms with Crippen LogP contribution in [0.5, 0.6) is 11.5 Å². The summed E-state index contributed by atoms with van der Waals surface area (Å²) < 4.78 is 46.9. The third kappa shape index (κ3) is 3.45. The molecule has 0 saturated carbocycles. The largest absolute Gasteiger partial charge is 0.495 e. The fourth-order valence-corrected chi connectivity index (χ4v) is 5.04. The van der Waals surface area contributed by atoms with E-state index in [-0.39, 0.29) is 16.5 Å². The van der Waals surface area contributed by atoms with Gasteiger partial charge in [-0.3, -0.25) is 9.40 Å². The third-order valence-electron chi connectivity index (χ3n) is 5.36. The lowest BCUT2D eigenvalue weighted by molar-refractivity contribution is 0.360. The Morgan fingerprint density at radius 1 is 1.31 bits per heavy atom. The van der Waals surface area contributed by atoms with Gasteiger partial charge in [-0.15, -0.1) is 0 Å². The molecular weight excluding hydrogens is 434 g/mol. The number of nitrogens with two attached hydrogens (primary N) is 1. The fourth-order valence-electron chi connectivity index (χ4n) is 3.86. The minimum atomic E-state index is -3.97. The maximum atomic E-state index is 13.0. The van der Waals surface area contributed by atoms with E-state index in [0.717, 1.165) is 16.7 Å². The molecule has 1 aliphatic rings. The Labute approximate surface area is 183 Å². The van der Waals surface area contributed by atoms with Crippen molar-refractivity contribution in [2.45, 2.75) is 24.4 Å². The first-order chi connectivity index (χ1) is 15.5. The Bertz CT molecular complexity index is 1410. The van der Waals surface area contributed by atoms with Crippen LogP contribution in [0.3, 0.4) is 0 Å². The summed E-state index contributed by atoms with van der Waals surface area (Å²) in [5.74, 6) is 0.871. The third-order valence-corrected chi connectivity index (χ3v) is 6.73. The average molecular weight is 455 g/mol. The van der Waals surface area contributed by atoms with E-state index >= 15 is 0 Å². The molecule has 0 fully saturated rings. The van der Waals surface area contributed by atoms with Crippen LogP contribution in [0.25, 0.3) is 11.0 Å². The number of aromatic nitrogens is 3. The van der Waals surface area contributed by atoms with Crippen LogP contribution in [0.4, 0.5) is 5.82 Å². The van der Waals surface area contributed by atoms with Gasteiger partial charge in [0, 0.05) is 30.3 Å². The van der Waals surface area contributed by atoms with Crippen LogP contribution < -0.4 is 19.9 Å². The van der Waals surface area contributed by atoms with Crippen LogP contribution in [0.15, 0.2) is 52.1 Å². The minimum absolute atomic E-state index is 0.00206. The fraction of sp³-hybridized carbons (Fsp3) is 0.238. The number of hydrogen-bond acceptors (Lipinski definition) is 8. The molecule has 1 aliphatic heterocycles. The molecular formula is C21H21N5O5S. The van der Waals surface area contributed by atoms with E-state index < -0.39 is 10.0 Å². The minimum Gasteiger partial charge on any atom is -0.495 e. The topological polar surface area (TPSA) is 134 Å². The van der Waals surface area contributed by atoms with E-state index in [1.807, 2.05) is 12.3 Å². The van der Waals surface area contributed by atoms with Gasteiger partial charge >= 0.3 is 0 Å². The van der Waals surface area contributed by atoms with Crippen molar-refractivity contribution in [1.29, 1.82) is 0 Å². The zero-order valence-electron chi connectivity index (χ0n) is 17.2. The number of para-hydroxylation sites is 1. The van der Waals surface area contributed by atoms with Gasteiger partial charge in [-0.05, 0) is 23.8 Å². The van der Waals surface area contributed by atoms with Crippen LogP contribution in [0.1, 0.15) is 16.7 Å². The molecule has 2 aromatic heterocycles. The van der Waals surface area contributed by atoms with E-state index in [9.17, 15) is 8.42 Å². The molecule has 0 amide bonds. The van der Waals surface area contributed by atoms with Gasteiger partial charge in [0.2, 0.25) is 0 Å². The summed E-state index contributed by atoms with van der Waals surface area (Å²) >= 11 is 0. The van der Waals surface area contributed by atoms with Crippen molar-refractivity contribution in [3.63, 3.8) is 0 Å². The molecule has 0 spiro atoms. The van der Waals surface area contributed by atoms with Crippen LogP contribution in [-0.4, -0.2) is 37.1 Å². The summed E-state index contributed by atoms with van der Waals surface area (Å²) in [5, 5.41) is 8.81. The van der Waals surface area contributed by atoms with E-state index in [4.69, 9.17) is 19.7 Å². The van der Waals surface area contributed by atoms with Crippen molar-refractivity contribution >= 4 is 26.8 Å². The Morgan fingerprint density at radius 2 is 2.16 bits per heavy atom. The SMILES string of the molecule is COc1ccccc1S(=O)(=O)Nc1noc2cc(Cn3cc(CN)cn3)c3c(c12)OCC3. The lowest BCUT2D eigenvalue weighted by Crippen LogP contribution is -2.14. The standard InChI is InChI=1S/C21H21N5O5S/c1-29-16-4-2-3-5-18(16)32(27,28)25-21-19-17(31-24-21)8-14(15-6-7-30-20(15)19)12-26-11-13(9-22)10-23-26/h2-5,8,10-11H,6-7,9,12,22H2,1H3,(H,24,25). The normalized spacial score (nSPS) is 13.2. The van der Waals surface area contributed by atoms with Crippen LogP contribution in [0.2, 0.25) is 0 Å². The zero-order chi connectivity index (χ0) is 22.3. The summed E-state index contributed by atoms with van der Waals surface area (Å²) in [4.78, 5) is 0.00206. The molecule has 3 N–H and O–H groups in total. The van der Waals surface area contributed by atoms with Crippen molar-refractivity contribution in [3.8, 4) is 11.5 Å². The van der Waals surface area contributed by atoms with E-state index in [1.54, 1.807) is 29.1 Å². The van der Waals surface area contributed by atoms with Crippen molar-refractivity contribution in [3.05, 3.63) is 59.4 Å². The van der Waals surface area contributed by atoms with Gasteiger partial charge in [-0.2, -0.15) is 5.10 Å². The predicted octanol–water partition coefficient (Wildman–Crippen LogP) is 2.28. The molecule has 3 heterocycles. The smallest absolute Gasteiger partial charge is 0.266 e. The number of sulfonamides is 1. The molecule has 166 valence electrons. The summed E-state index contributed by atoms with van der Waals surface area (Å²) in [6, 6.07) is 8.20. The number of methoxy groups -OCH3 is 1. The Balaban J connectivity index is 1.54. The number of rotatable bonds is 7. The molecule has 2 aromatic carbocycles. The molecule has 11 heteroatoms. The van der Waals surface area contributed by atoms with Crippen LogP contribution in [-0.2, 0) is 29.5 Å². The van der Waals surface area contributed by atoms with E-state index in [0.29, 0.717) is 42.8 Å². The number of ether oxygens (including phenoxy) is 2. The van der Waals surface area contributed by atoms with Crippen molar-refractivity contribution in [2.24, 2.45) is 5.73 Å². The second kappa shape index (κ2) is 7.84. The van der Waals surface area contributed by atoms with Gasteiger partial charge in [-0.25, -0.2) is 8.42 Å². The molecule has 0 bridgehead atoms. The zero-order valence-corrected chi connectivity index (χ0v) is 18.1. The summed E-state index contributed by atoms with van der Waals surface area (Å²) in [7, 11) is -2.56. The van der Waals surface area contributed by atoms with E-state index in [2.05, 4.69) is 15.0 Å². The van der Waals surface area contributed by atoms with Gasteiger partial charge < -0.3 is 19.7 Å². The highest BCUT2D eigenvalue weighted by molar-refractivity contribution is 7.92. The van der Waals surface area contributed by atoms with Gasteiger partial charge in [0.05, 0.1) is 26.5 Å².